The Morgan fingerprint density at radius 3 is 2.57 bits per heavy atom. The molecule has 118 valence electrons. The lowest BCUT2D eigenvalue weighted by molar-refractivity contribution is 0.0164. The summed E-state index contributed by atoms with van der Waals surface area (Å²) in [4.78, 5) is 8.65. The zero-order valence-electron chi connectivity index (χ0n) is 12.3. The quantitative estimate of drug-likeness (QED) is 0.444. The highest BCUT2D eigenvalue weighted by molar-refractivity contribution is 6.65. The first kappa shape index (κ1) is 16.1. The Bertz CT molecular complexity index is 423. The van der Waals surface area contributed by atoms with Crippen LogP contribution in [0.3, 0.4) is 0 Å². The number of rotatable bonds is 2. The van der Waals surface area contributed by atoms with Gasteiger partial charge in [0.25, 0.3) is 0 Å². The molecule has 0 amide bonds. The van der Waals surface area contributed by atoms with Gasteiger partial charge in [0.15, 0.2) is 5.29 Å². The summed E-state index contributed by atoms with van der Waals surface area (Å²) >= 11 is 5.66. The van der Waals surface area contributed by atoms with Crippen LogP contribution in [-0.4, -0.2) is 73.2 Å². The van der Waals surface area contributed by atoms with E-state index in [1.165, 1.54) is 0 Å². The van der Waals surface area contributed by atoms with Crippen molar-refractivity contribution < 1.29 is 9.47 Å². The first-order valence-electron chi connectivity index (χ1n) is 7.03. The number of amidine groups is 1. The van der Waals surface area contributed by atoms with Gasteiger partial charge in [0.05, 0.1) is 32.5 Å². The smallest absolute Gasteiger partial charge is 0.207 e. The lowest BCUT2D eigenvalue weighted by Gasteiger charge is -2.36. The molecule has 2 rings (SSSR count). The van der Waals surface area contributed by atoms with E-state index in [9.17, 15) is 0 Å². The van der Waals surface area contributed by atoms with Gasteiger partial charge in [0.1, 0.15) is 5.82 Å². The van der Waals surface area contributed by atoms with Gasteiger partial charge < -0.3 is 24.6 Å². The molecule has 21 heavy (non-hydrogen) atoms. The Labute approximate surface area is 130 Å². The van der Waals surface area contributed by atoms with Crippen LogP contribution in [0.25, 0.3) is 0 Å². The molecule has 2 fully saturated rings. The van der Waals surface area contributed by atoms with E-state index < -0.39 is 0 Å². The van der Waals surface area contributed by atoms with E-state index in [1.807, 2.05) is 4.90 Å². The minimum Gasteiger partial charge on any atom is -0.378 e. The third kappa shape index (κ3) is 4.59. The Kier molecular flexibility index (Phi) is 5.84. The summed E-state index contributed by atoms with van der Waals surface area (Å²) in [6.45, 7) is 10.9. The van der Waals surface area contributed by atoms with Gasteiger partial charge >= 0.3 is 0 Å². The maximum absolute atomic E-state index is 7.42. The van der Waals surface area contributed by atoms with Crippen molar-refractivity contribution in [1.29, 1.82) is 5.41 Å². The Morgan fingerprint density at radius 1 is 1.29 bits per heavy atom. The molecule has 0 aromatic heterocycles. The van der Waals surface area contributed by atoms with Gasteiger partial charge in [0.2, 0.25) is 5.96 Å². The van der Waals surface area contributed by atoms with Crippen molar-refractivity contribution in [2.75, 3.05) is 46.1 Å². The van der Waals surface area contributed by atoms with Crippen LogP contribution in [0.4, 0.5) is 0 Å². The molecule has 0 aromatic rings. The second kappa shape index (κ2) is 7.63. The molecule has 1 atom stereocenters. The van der Waals surface area contributed by atoms with Crippen molar-refractivity contribution in [3.63, 3.8) is 0 Å². The predicted octanol–water partition coefficient (Wildman–Crippen LogP) is 0.630. The summed E-state index contributed by atoms with van der Waals surface area (Å²) in [5.74, 6) is 1.19. The zero-order chi connectivity index (χ0) is 15.2. The minimum absolute atomic E-state index is 0.164. The number of hydrogen-bond acceptors (Lipinski definition) is 5. The van der Waals surface area contributed by atoms with E-state index in [2.05, 4.69) is 28.7 Å². The Morgan fingerprint density at radius 2 is 1.95 bits per heavy atom. The number of nitrogens with zero attached hydrogens (tertiary/aromatic N) is 3. The van der Waals surface area contributed by atoms with Crippen LogP contribution in [0.5, 0.6) is 0 Å². The van der Waals surface area contributed by atoms with Crippen molar-refractivity contribution in [2.45, 2.75) is 13.0 Å². The van der Waals surface area contributed by atoms with Gasteiger partial charge in [-0.15, -0.1) is 0 Å². The molecule has 0 unspecified atom stereocenters. The molecule has 0 aliphatic carbocycles. The van der Waals surface area contributed by atoms with Crippen molar-refractivity contribution in [3.05, 3.63) is 12.4 Å². The summed E-state index contributed by atoms with van der Waals surface area (Å²) < 4.78 is 10.8. The van der Waals surface area contributed by atoms with E-state index >= 15 is 0 Å². The van der Waals surface area contributed by atoms with E-state index in [0.717, 1.165) is 6.54 Å². The second-order valence-corrected chi connectivity index (χ2v) is 5.39. The van der Waals surface area contributed by atoms with Crippen LogP contribution in [-0.2, 0) is 9.47 Å². The first-order valence-corrected chi connectivity index (χ1v) is 7.41. The van der Waals surface area contributed by atoms with Gasteiger partial charge in [-0.2, -0.15) is 4.99 Å². The lowest BCUT2D eigenvalue weighted by atomic mass is 10.2. The molecule has 0 bridgehead atoms. The van der Waals surface area contributed by atoms with Gasteiger partial charge in [-0.25, -0.2) is 0 Å². The number of guanidine groups is 1. The highest BCUT2D eigenvalue weighted by Gasteiger charge is 2.22. The predicted molar refractivity (Wildman–Crippen MR) is 82.7 cm³/mol. The summed E-state index contributed by atoms with van der Waals surface area (Å²) in [5.41, 5.74) is 0. The summed E-state index contributed by atoms with van der Waals surface area (Å²) in [7, 11) is 0. The molecule has 2 aliphatic heterocycles. The maximum atomic E-state index is 7.42. The molecule has 2 saturated heterocycles. The molecular weight excluding hydrogens is 294 g/mol. The molecular formula is C13H22ClN5O2. The number of aliphatic imine (C=N–C) groups is 1. The normalized spacial score (nSPS) is 23.9. The van der Waals surface area contributed by atoms with E-state index in [0.29, 0.717) is 51.3 Å². The molecule has 0 aromatic carbocycles. The molecule has 8 heteroatoms. The van der Waals surface area contributed by atoms with Gasteiger partial charge in [0, 0.05) is 19.6 Å². The topological polar surface area (TPSA) is 73.2 Å². The first-order chi connectivity index (χ1) is 10.1. The van der Waals surface area contributed by atoms with Crippen molar-refractivity contribution in [1.82, 2.24) is 15.1 Å². The van der Waals surface area contributed by atoms with E-state index in [1.54, 1.807) is 0 Å². The maximum Gasteiger partial charge on any atom is 0.207 e. The van der Waals surface area contributed by atoms with Crippen LogP contribution in [0.1, 0.15) is 6.92 Å². The molecule has 2 aliphatic rings. The molecule has 0 radical (unpaired) electrons. The van der Waals surface area contributed by atoms with Crippen LogP contribution in [0.2, 0.25) is 0 Å². The largest absolute Gasteiger partial charge is 0.378 e. The summed E-state index contributed by atoms with van der Waals surface area (Å²) in [5, 5.41) is 10.0. The zero-order valence-corrected chi connectivity index (χ0v) is 13.0. The highest BCUT2D eigenvalue weighted by Crippen LogP contribution is 2.14. The fourth-order valence-corrected chi connectivity index (χ4v) is 2.43. The van der Waals surface area contributed by atoms with E-state index in [4.69, 9.17) is 26.5 Å². The van der Waals surface area contributed by atoms with Crippen molar-refractivity contribution >= 4 is 22.9 Å². The number of morpholine rings is 2. The third-order valence-electron chi connectivity index (χ3n) is 3.47. The molecule has 2 heterocycles. The van der Waals surface area contributed by atoms with Gasteiger partial charge in [-0.1, -0.05) is 6.58 Å². The molecule has 7 nitrogen and oxygen atoms in total. The number of halogens is 1. The number of nitrogens with one attached hydrogen (secondary N) is 2. The average Bonchev–Trinajstić information content (AvgIpc) is 2.47. The number of hydrogen-bond donors (Lipinski definition) is 2. The Balaban J connectivity index is 2.09. The second-order valence-electron chi connectivity index (χ2n) is 5.01. The van der Waals surface area contributed by atoms with Crippen LogP contribution in [0.15, 0.2) is 17.4 Å². The fraction of sp³-hybridized carbons (Fsp3) is 0.692. The van der Waals surface area contributed by atoms with Crippen LogP contribution in [0, 0.1) is 5.41 Å². The third-order valence-corrected chi connectivity index (χ3v) is 3.56. The van der Waals surface area contributed by atoms with Crippen LogP contribution < -0.4 is 5.32 Å². The molecule has 0 spiro atoms. The van der Waals surface area contributed by atoms with Crippen molar-refractivity contribution in [2.24, 2.45) is 4.99 Å². The number of ether oxygens (including phenoxy) is 2. The lowest BCUT2D eigenvalue weighted by Crippen LogP contribution is -2.49. The standard InChI is InChI=1S/C13H22ClN5O2/c1-10-9-21-8-5-19(10)11(2)16-13(17-12(14)15)18-3-6-20-7-4-18/h10H,2-9H2,1H3,(H2,15,16,17)/t10-/m0/s1. The van der Waals surface area contributed by atoms with Gasteiger partial charge in [-0.05, 0) is 18.5 Å². The summed E-state index contributed by atoms with van der Waals surface area (Å²) in [6.07, 6.45) is 0. The van der Waals surface area contributed by atoms with Crippen LogP contribution >= 0.6 is 11.6 Å². The summed E-state index contributed by atoms with van der Waals surface area (Å²) in [6, 6.07) is 0.233. The van der Waals surface area contributed by atoms with Gasteiger partial charge in [-0.3, -0.25) is 5.41 Å². The van der Waals surface area contributed by atoms with E-state index in [-0.39, 0.29) is 11.3 Å². The highest BCUT2D eigenvalue weighted by atomic mass is 35.5. The SMILES string of the molecule is C=C(N=C(NC(=N)Cl)N1CCOCC1)N1CCOC[C@@H]1C. The van der Waals surface area contributed by atoms with Crippen molar-refractivity contribution in [3.8, 4) is 0 Å². The minimum atomic E-state index is -0.164. The molecule has 0 saturated carbocycles. The Hall–Kier alpha value is -1.31. The monoisotopic (exact) mass is 315 g/mol. The average molecular weight is 316 g/mol. The molecule has 2 N–H and O–H groups in total. The fourth-order valence-electron chi connectivity index (χ4n) is 2.35.